The van der Waals surface area contributed by atoms with Crippen LogP contribution in [0, 0.1) is 0 Å². The highest BCUT2D eigenvalue weighted by atomic mass is 16.5. The number of ether oxygens (including phenoxy) is 1. The van der Waals surface area contributed by atoms with Crippen LogP contribution in [0.3, 0.4) is 0 Å². The van der Waals surface area contributed by atoms with E-state index in [-0.39, 0.29) is 18.1 Å². The number of morpholine rings is 1. The third-order valence-corrected chi connectivity index (χ3v) is 2.97. The average molecular weight is 265 g/mol. The molecule has 1 aliphatic rings. The standard InChI is InChI=1S/C12H15N3O4/c1-13-11(16)9-7-19-6-5-15(9)10-8(12(17)18)3-2-4-14-10/h2-4,9H,5-7H2,1H3,(H,13,16)(H,17,18). The van der Waals surface area contributed by atoms with E-state index in [1.54, 1.807) is 11.0 Å². The maximum Gasteiger partial charge on any atom is 0.339 e. The van der Waals surface area contributed by atoms with Crippen LogP contribution in [0.2, 0.25) is 0 Å². The molecule has 19 heavy (non-hydrogen) atoms. The number of hydrogen-bond donors (Lipinski definition) is 2. The van der Waals surface area contributed by atoms with Crippen molar-refractivity contribution in [3.63, 3.8) is 0 Å². The average Bonchev–Trinajstić information content (AvgIpc) is 2.46. The van der Waals surface area contributed by atoms with E-state index in [1.807, 2.05) is 0 Å². The highest BCUT2D eigenvalue weighted by Gasteiger charge is 2.32. The minimum atomic E-state index is -1.06. The summed E-state index contributed by atoms with van der Waals surface area (Å²) in [5.41, 5.74) is 0.0818. The Hall–Kier alpha value is -2.15. The van der Waals surface area contributed by atoms with Crippen molar-refractivity contribution in [1.82, 2.24) is 10.3 Å². The molecule has 0 radical (unpaired) electrons. The third kappa shape index (κ3) is 2.65. The largest absolute Gasteiger partial charge is 0.478 e. The molecule has 2 heterocycles. The first-order valence-corrected chi connectivity index (χ1v) is 5.89. The summed E-state index contributed by atoms with van der Waals surface area (Å²) in [6.45, 7) is 1.08. The van der Waals surface area contributed by atoms with Crippen LogP contribution < -0.4 is 10.2 Å². The number of carbonyl (C=O) groups is 2. The normalized spacial score (nSPS) is 19.0. The van der Waals surface area contributed by atoms with E-state index in [0.29, 0.717) is 19.0 Å². The minimum Gasteiger partial charge on any atom is -0.478 e. The number of aromatic carboxylic acids is 1. The number of amides is 1. The molecule has 1 aromatic heterocycles. The molecular weight excluding hydrogens is 250 g/mol. The van der Waals surface area contributed by atoms with Crippen molar-refractivity contribution in [2.24, 2.45) is 0 Å². The Morgan fingerprint density at radius 3 is 3.05 bits per heavy atom. The van der Waals surface area contributed by atoms with Gasteiger partial charge in [0.05, 0.1) is 13.2 Å². The zero-order valence-electron chi connectivity index (χ0n) is 10.5. The number of carbonyl (C=O) groups excluding carboxylic acids is 1. The lowest BCUT2D eigenvalue weighted by Crippen LogP contribution is -2.54. The van der Waals surface area contributed by atoms with E-state index >= 15 is 0 Å². The lowest BCUT2D eigenvalue weighted by atomic mass is 10.1. The Morgan fingerprint density at radius 2 is 2.37 bits per heavy atom. The number of anilines is 1. The van der Waals surface area contributed by atoms with Gasteiger partial charge < -0.3 is 20.1 Å². The Balaban J connectivity index is 2.37. The molecule has 1 saturated heterocycles. The van der Waals surface area contributed by atoms with Crippen LogP contribution in [0.25, 0.3) is 0 Å². The van der Waals surface area contributed by atoms with Gasteiger partial charge in [-0.15, -0.1) is 0 Å². The monoisotopic (exact) mass is 265 g/mol. The molecule has 102 valence electrons. The molecule has 2 N–H and O–H groups in total. The number of hydrogen-bond acceptors (Lipinski definition) is 5. The number of likely N-dealkylation sites (N-methyl/N-ethyl adjacent to an activating group) is 1. The van der Waals surface area contributed by atoms with E-state index in [0.717, 1.165) is 0 Å². The number of aromatic nitrogens is 1. The molecule has 1 aliphatic heterocycles. The maximum atomic E-state index is 11.8. The smallest absolute Gasteiger partial charge is 0.339 e. The molecule has 0 saturated carbocycles. The molecule has 7 nitrogen and oxygen atoms in total. The van der Waals surface area contributed by atoms with Crippen LogP contribution in [0.4, 0.5) is 5.82 Å². The van der Waals surface area contributed by atoms with Gasteiger partial charge in [-0.25, -0.2) is 9.78 Å². The van der Waals surface area contributed by atoms with Crippen LogP contribution in [-0.2, 0) is 9.53 Å². The second-order valence-electron chi connectivity index (χ2n) is 4.08. The second-order valence-corrected chi connectivity index (χ2v) is 4.08. The van der Waals surface area contributed by atoms with Crippen molar-refractivity contribution < 1.29 is 19.4 Å². The fraction of sp³-hybridized carbons (Fsp3) is 0.417. The van der Waals surface area contributed by atoms with Crippen LogP contribution in [-0.4, -0.2) is 54.8 Å². The van der Waals surface area contributed by atoms with E-state index in [9.17, 15) is 14.7 Å². The molecule has 1 atom stereocenters. The number of nitrogens with one attached hydrogen (secondary N) is 1. The van der Waals surface area contributed by atoms with Crippen LogP contribution in [0.15, 0.2) is 18.3 Å². The number of nitrogens with zero attached hydrogens (tertiary/aromatic N) is 2. The predicted octanol–water partition coefficient (Wildman–Crippen LogP) is -0.269. The van der Waals surface area contributed by atoms with Crippen LogP contribution in [0.1, 0.15) is 10.4 Å². The summed E-state index contributed by atoms with van der Waals surface area (Å²) in [6.07, 6.45) is 1.51. The van der Waals surface area contributed by atoms with Crippen molar-refractivity contribution >= 4 is 17.7 Å². The Morgan fingerprint density at radius 1 is 1.58 bits per heavy atom. The molecule has 0 aliphatic carbocycles. The van der Waals surface area contributed by atoms with E-state index in [2.05, 4.69) is 10.3 Å². The molecule has 7 heteroatoms. The number of carboxylic acid groups (broad SMARTS) is 1. The molecule has 1 unspecified atom stereocenters. The summed E-state index contributed by atoms with van der Waals surface area (Å²) >= 11 is 0. The molecule has 2 rings (SSSR count). The summed E-state index contributed by atoms with van der Waals surface area (Å²) in [5, 5.41) is 11.7. The summed E-state index contributed by atoms with van der Waals surface area (Å²) in [4.78, 5) is 28.8. The highest BCUT2D eigenvalue weighted by Crippen LogP contribution is 2.21. The Labute approximate surface area is 110 Å². The first-order chi connectivity index (χ1) is 9.15. The number of pyridine rings is 1. The van der Waals surface area contributed by atoms with Gasteiger partial charge in [0.25, 0.3) is 0 Å². The van der Waals surface area contributed by atoms with Gasteiger partial charge in [-0.3, -0.25) is 4.79 Å². The summed E-state index contributed by atoms with van der Waals surface area (Å²) < 4.78 is 5.28. The molecule has 1 aromatic rings. The highest BCUT2D eigenvalue weighted by molar-refractivity contribution is 5.95. The summed E-state index contributed by atoms with van der Waals surface area (Å²) in [6, 6.07) is 2.47. The molecule has 0 aromatic carbocycles. The quantitative estimate of drug-likeness (QED) is 0.781. The first-order valence-electron chi connectivity index (χ1n) is 5.89. The van der Waals surface area contributed by atoms with E-state index in [4.69, 9.17) is 4.74 Å². The van der Waals surface area contributed by atoms with Gasteiger partial charge in [-0.1, -0.05) is 0 Å². The first kappa shape index (κ1) is 13.3. The molecule has 0 bridgehead atoms. The molecule has 1 fully saturated rings. The Bertz CT molecular complexity index is 492. The van der Waals surface area contributed by atoms with Crippen molar-refractivity contribution in [1.29, 1.82) is 0 Å². The van der Waals surface area contributed by atoms with Crippen molar-refractivity contribution in [3.05, 3.63) is 23.9 Å². The second kappa shape index (κ2) is 5.66. The van der Waals surface area contributed by atoms with E-state index in [1.165, 1.54) is 19.3 Å². The fourth-order valence-electron chi connectivity index (χ4n) is 2.03. The number of rotatable bonds is 3. The summed E-state index contributed by atoms with van der Waals surface area (Å²) in [7, 11) is 1.53. The lowest BCUT2D eigenvalue weighted by molar-refractivity contribution is -0.124. The van der Waals surface area contributed by atoms with Crippen molar-refractivity contribution in [2.75, 3.05) is 31.7 Å². The minimum absolute atomic E-state index is 0.0818. The van der Waals surface area contributed by atoms with Crippen LogP contribution >= 0.6 is 0 Å². The zero-order chi connectivity index (χ0) is 13.8. The maximum absolute atomic E-state index is 11.8. The predicted molar refractivity (Wildman–Crippen MR) is 67.2 cm³/mol. The van der Waals surface area contributed by atoms with Gasteiger partial charge in [-0.2, -0.15) is 0 Å². The topological polar surface area (TPSA) is 91.8 Å². The number of carboxylic acids is 1. The molecule has 1 amide bonds. The fourth-order valence-corrected chi connectivity index (χ4v) is 2.03. The SMILES string of the molecule is CNC(=O)C1COCCN1c1ncccc1C(=O)O. The summed E-state index contributed by atoms with van der Waals surface area (Å²) in [5.74, 6) is -0.987. The lowest BCUT2D eigenvalue weighted by Gasteiger charge is -2.35. The van der Waals surface area contributed by atoms with Gasteiger partial charge in [0, 0.05) is 19.8 Å². The Kier molecular flexibility index (Phi) is 3.96. The third-order valence-electron chi connectivity index (χ3n) is 2.97. The van der Waals surface area contributed by atoms with Gasteiger partial charge >= 0.3 is 5.97 Å². The van der Waals surface area contributed by atoms with E-state index < -0.39 is 12.0 Å². The van der Waals surface area contributed by atoms with Gasteiger partial charge in [-0.05, 0) is 12.1 Å². The zero-order valence-corrected chi connectivity index (χ0v) is 10.5. The van der Waals surface area contributed by atoms with Crippen LogP contribution in [0.5, 0.6) is 0 Å². The van der Waals surface area contributed by atoms with Gasteiger partial charge in [0.1, 0.15) is 17.4 Å². The van der Waals surface area contributed by atoms with Crippen molar-refractivity contribution in [3.8, 4) is 0 Å². The van der Waals surface area contributed by atoms with Gasteiger partial charge in [0.15, 0.2) is 0 Å². The van der Waals surface area contributed by atoms with Gasteiger partial charge in [0.2, 0.25) is 5.91 Å². The molecular formula is C12H15N3O4. The van der Waals surface area contributed by atoms with Crippen molar-refractivity contribution in [2.45, 2.75) is 6.04 Å². The molecule has 0 spiro atoms.